The Bertz CT molecular complexity index is 352. The van der Waals surface area contributed by atoms with E-state index in [0.29, 0.717) is 26.1 Å². The third-order valence-electron chi connectivity index (χ3n) is 3.13. The molecule has 0 aliphatic carbocycles. The van der Waals surface area contributed by atoms with Gasteiger partial charge in [-0.2, -0.15) is 0 Å². The molecular formula is C14H26N2O4. The smallest absolute Gasteiger partial charge is 0.410 e. The third-order valence-corrected chi connectivity index (χ3v) is 3.13. The van der Waals surface area contributed by atoms with E-state index in [2.05, 4.69) is 0 Å². The molecule has 20 heavy (non-hydrogen) atoms. The monoisotopic (exact) mass is 286 g/mol. The second kappa shape index (κ2) is 6.92. The van der Waals surface area contributed by atoms with Gasteiger partial charge in [0.25, 0.3) is 0 Å². The first-order valence-corrected chi connectivity index (χ1v) is 7.14. The summed E-state index contributed by atoms with van der Waals surface area (Å²) in [4.78, 5) is 25.5. The maximum atomic E-state index is 12.0. The topological polar surface area (TPSA) is 81.9 Å². The lowest BCUT2D eigenvalue weighted by atomic mass is 9.97. The van der Waals surface area contributed by atoms with Gasteiger partial charge in [0.15, 0.2) is 0 Å². The maximum Gasteiger partial charge on any atom is 0.410 e. The number of amides is 1. The molecular weight excluding hydrogens is 260 g/mol. The van der Waals surface area contributed by atoms with Crippen molar-refractivity contribution in [2.75, 3.05) is 19.7 Å². The predicted molar refractivity (Wildman–Crippen MR) is 75.1 cm³/mol. The summed E-state index contributed by atoms with van der Waals surface area (Å²) in [7, 11) is 0. The third kappa shape index (κ3) is 5.00. The van der Waals surface area contributed by atoms with Crippen LogP contribution in [0.25, 0.3) is 0 Å². The van der Waals surface area contributed by atoms with E-state index in [0.717, 1.165) is 6.42 Å². The highest BCUT2D eigenvalue weighted by Crippen LogP contribution is 2.20. The molecule has 0 bridgehead atoms. The molecule has 1 fully saturated rings. The van der Waals surface area contributed by atoms with Crippen LogP contribution in [0.4, 0.5) is 4.79 Å². The zero-order valence-corrected chi connectivity index (χ0v) is 12.8. The van der Waals surface area contributed by atoms with Crippen molar-refractivity contribution in [3.63, 3.8) is 0 Å². The zero-order valence-electron chi connectivity index (χ0n) is 12.8. The van der Waals surface area contributed by atoms with Crippen LogP contribution in [0.2, 0.25) is 0 Å². The van der Waals surface area contributed by atoms with E-state index >= 15 is 0 Å². The summed E-state index contributed by atoms with van der Waals surface area (Å²) in [6.45, 7) is 8.46. The molecule has 2 unspecified atom stereocenters. The number of hydrogen-bond donors (Lipinski definition) is 1. The minimum absolute atomic E-state index is 0.272. The Labute approximate surface area is 120 Å². The highest BCUT2D eigenvalue weighted by atomic mass is 16.6. The summed E-state index contributed by atoms with van der Waals surface area (Å²) in [5, 5.41) is 0. The van der Waals surface area contributed by atoms with Gasteiger partial charge in [-0.1, -0.05) is 0 Å². The lowest BCUT2D eigenvalue weighted by molar-refractivity contribution is -0.148. The molecule has 1 saturated heterocycles. The average Bonchev–Trinajstić information content (AvgIpc) is 2.49. The van der Waals surface area contributed by atoms with Gasteiger partial charge in [0.1, 0.15) is 5.60 Å². The number of esters is 1. The first kappa shape index (κ1) is 16.8. The van der Waals surface area contributed by atoms with E-state index < -0.39 is 11.6 Å². The van der Waals surface area contributed by atoms with Crippen LogP contribution in [-0.4, -0.2) is 48.3 Å². The molecule has 1 amide bonds. The van der Waals surface area contributed by atoms with Crippen LogP contribution in [0.5, 0.6) is 0 Å². The van der Waals surface area contributed by atoms with Crippen LogP contribution >= 0.6 is 0 Å². The Morgan fingerprint density at radius 3 is 2.55 bits per heavy atom. The number of rotatable bonds is 2. The molecule has 1 aliphatic heterocycles. The fourth-order valence-corrected chi connectivity index (χ4v) is 2.22. The summed E-state index contributed by atoms with van der Waals surface area (Å²) in [6, 6.07) is -0.413. The Kier molecular flexibility index (Phi) is 5.80. The first-order chi connectivity index (χ1) is 9.24. The number of carbonyl (C=O) groups excluding carboxylic acids is 2. The summed E-state index contributed by atoms with van der Waals surface area (Å²) in [5.74, 6) is -0.617. The highest BCUT2D eigenvalue weighted by molar-refractivity contribution is 5.74. The van der Waals surface area contributed by atoms with Crippen molar-refractivity contribution in [2.24, 2.45) is 11.7 Å². The lowest BCUT2D eigenvalue weighted by Gasteiger charge is -2.28. The van der Waals surface area contributed by atoms with Crippen LogP contribution < -0.4 is 5.73 Å². The molecule has 6 heteroatoms. The van der Waals surface area contributed by atoms with Crippen molar-refractivity contribution in [3.8, 4) is 0 Å². The Hall–Kier alpha value is -1.30. The fourth-order valence-electron chi connectivity index (χ4n) is 2.22. The number of carbonyl (C=O) groups is 2. The first-order valence-electron chi connectivity index (χ1n) is 7.14. The lowest BCUT2D eigenvalue weighted by Crippen LogP contribution is -2.46. The minimum atomic E-state index is -0.534. The van der Waals surface area contributed by atoms with Crippen molar-refractivity contribution in [3.05, 3.63) is 0 Å². The molecule has 0 radical (unpaired) electrons. The number of likely N-dealkylation sites (tertiary alicyclic amines) is 1. The molecule has 0 aromatic carbocycles. The standard InChI is InChI=1S/C14H26N2O4/c1-5-19-12(17)10-7-6-8-16(9-11(10)15)13(18)20-14(2,3)4/h10-11H,5-9,15H2,1-4H3. The van der Waals surface area contributed by atoms with Gasteiger partial charge >= 0.3 is 12.1 Å². The maximum absolute atomic E-state index is 12.0. The van der Waals surface area contributed by atoms with Crippen molar-refractivity contribution >= 4 is 12.1 Å². The molecule has 1 heterocycles. The molecule has 1 rings (SSSR count). The largest absolute Gasteiger partial charge is 0.466 e. The van der Waals surface area contributed by atoms with Gasteiger partial charge in [0.05, 0.1) is 12.5 Å². The average molecular weight is 286 g/mol. The fraction of sp³-hybridized carbons (Fsp3) is 0.857. The van der Waals surface area contributed by atoms with Gasteiger partial charge in [-0.3, -0.25) is 4.79 Å². The molecule has 2 N–H and O–H groups in total. The van der Waals surface area contributed by atoms with Crippen molar-refractivity contribution < 1.29 is 19.1 Å². The Morgan fingerprint density at radius 2 is 2.00 bits per heavy atom. The summed E-state index contributed by atoms with van der Waals surface area (Å²) in [5.41, 5.74) is 5.52. The molecule has 0 aromatic rings. The van der Waals surface area contributed by atoms with E-state index in [1.165, 1.54) is 0 Å². The number of hydrogen-bond acceptors (Lipinski definition) is 5. The van der Waals surface area contributed by atoms with E-state index in [1.54, 1.807) is 11.8 Å². The minimum Gasteiger partial charge on any atom is -0.466 e. The quantitative estimate of drug-likeness (QED) is 0.778. The van der Waals surface area contributed by atoms with Crippen molar-refractivity contribution in [2.45, 2.75) is 52.2 Å². The molecule has 0 aromatic heterocycles. The van der Waals surface area contributed by atoms with Gasteiger partial charge in [-0.25, -0.2) is 4.79 Å². The molecule has 0 saturated carbocycles. The molecule has 0 spiro atoms. The van der Waals surface area contributed by atoms with Crippen LogP contribution in [0.1, 0.15) is 40.5 Å². The van der Waals surface area contributed by atoms with E-state index in [9.17, 15) is 9.59 Å². The van der Waals surface area contributed by atoms with Crippen LogP contribution in [-0.2, 0) is 14.3 Å². The number of nitrogens with zero attached hydrogens (tertiary/aromatic N) is 1. The molecule has 1 aliphatic rings. The zero-order chi connectivity index (χ0) is 15.3. The second-order valence-electron chi connectivity index (χ2n) is 6.09. The van der Waals surface area contributed by atoms with Crippen molar-refractivity contribution in [1.82, 2.24) is 4.90 Å². The predicted octanol–water partition coefficient (Wildman–Crippen LogP) is 1.52. The Balaban J connectivity index is 2.64. The van der Waals surface area contributed by atoms with Gasteiger partial charge in [-0.15, -0.1) is 0 Å². The second-order valence-corrected chi connectivity index (χ2v) is 6.09. The summed E-state index contributed by atoms with van der Waals surface area (Å²) >= 11 is 0. The van der Waals surface area contributed by atoms with E-state index in [-0.39, 0.29) is 18.0 Å². The van der Waals surface area contributed by atoms with Gasteiger partial charge < -0.3 is 20.1 Å². The summed E-state index contributed by atoms with van der Waals surface area (Å²) in [6.07, 6.45) is 0.980. The highest BCUT2D eigenvalue weighted by Gasteiger charge is 2.33. The van der Waals surface area contributed by atoms with Crippen molar-refractivity contribution in [1.29, 1.82) is 0 Å². The number of nitrogens with two attached hydrogens (primary N) is 1. The molecule has 6 nitrogen and oxygen atoms in total. The van der Waals surface area contributed by atoms with Gasteiger partial charge in [0.2, 0.25) is 0 Å². The normalized spacial score (nSPS) is 23.9. The van der Waals surface area contributed by atoms with E-state index in [4.69, 9.17) is 15.2 Å². The molecule has 2 atom stereocenters. The van der Waals surface area contributed by atoms with Gasteiger partial charge in [-0.05, 0) is 40.5 Å². The van der Waals surface area contributed by atoms with Crippen LogP contribution in [0, 0.1) is 5.92 Å². The van der Waals surface area contributed by atoms with Crippen LogP contribution in [0.15, 0.2) is 0 Å². The van der Waals surface area contributed by atoms with Crippen LogP contribution in [0.3, 0.4) is 0 Å². The summed E-state index contributed by atoms with van der Waals surface area (Å²) < 4.78 is 10.4. The number of ether oxygens (including phenoxy) is 2. The molecule has 116 valence electrons. The van der Waals surface area contributed by atoms with E-state index in [1.807, 2.05) is 20.8 Å². The Morgan fingerprint density at radius 1 is 1.35 bits per heavy atom. The SMILES string of the molecule is CCOC(=O)C1CCCN(C(=O)OC(C)(C)C)CC1N. The van der Waals surface area contributed by atoms with Gasteiger partial charge in [0, 0.05) is 19.1 Å².